The number of nitrogens with one attached hydrogen (secondary N) is 1. The Morgan fingerprint density at radius 2 is 2.29 bits per heavy atom. The van der Waals surface area contributed by atoms with E-state index in [1.807, 2.05) is 25.1 Å². The minimum absolute atomic E-state index is 0.495. The van der Waals surface area contributed by atoms with Crippen LogP contribution in [0, 0.1) is 0 Å². The van der Waals surface area contributed by atoms with Gasteiger partial charge in [-0.15, -0.1) is 0 Å². The molecule has 0 aromatic heterocycles. The third-order valence-electron chi connectivity index (χ3n) is 2.67. The molecule has 0 aliphatic carbocycles. The van der Waals surface area contributed by atoms with Gasteiger partial charge in [0, 0.05) is 12.1 Å². The van der Waals surface area contributed by atoms with Gasteiger partial charge < -0.3 is 4.74 Å². The van der Waals surface area contributed by atoms with Gasteiger partial charge in [0.15, 0.2) is 5.72 Å². The molecule has 0 saturated heterocycles. The first-order valence-corrected chi connectivity index (χ1v) is 4.71. The quantitative estimate of drug-likeness (QED) is 0.713. The molecule has 0 spiro atoms. The van der Waals surface area contributed by atoms with Crippen molar-refractivity contribution >= 4 is 6.47 Å². The van der Waals surface area contributed by atoms with Gasteiger partial charge in [-0.05, 0) is 18.9 Å². The second-order valence-corrected chi connectivity index (χ2v) is 3.58. The van der Waals surface area contributed by atoms with Crippen LogP contribution in [0.4, 0.5) is 0 Å². The lowest BCUT2D eigenvalue weighted by Crippen LogP contribution is -2.46. The van der Waals surface area contributed by atoms with Gasteiger partial charge in [-0.2, -0.15) is 0 Å². The number of rotatable bonds is 2. The second-order valence-electron chi connectivity index (χ2n) is 3.58. The highest BCUT2D eigenvalue weighted by molar-refractivity contribution is 5.42. The van der Waals surface area contributed by atoms with Gasteiger partial charge in [0.05, 0.1) is 0 Å². The van der Waals surface area contributed by atoms with Crippen LogP contribution in [0.3, 0.4) is 0 Å². The van der Waals surface area contributed by atoms with Crippen LogP contribution in [-0.2, 0) is 21.7 Å². The maximum Gasteiger partial charge on any atom is 0.295 e. The molecule has 1 aliphatic heterocycles. The fraction of sp³-hybridized carbons (Fsp3) is 0.364. The zero-order valence-electron chi connectivity index (χ0n) is 8.12. The predicted octanol–water partition coefficient (Wildman–Crippen LogP) is 1.18. The first-order valence-electron chi connectivity index (χ1n) is 4.71. The van der Waals surface area contributed by atoms with E-state index in [-0.39, 0.29) is 0 Å². The van der Waals surface area contributed by atoms with Crippen molar-refractivity contribution < 1.29 is 9.53 Å². The van der Waals surface area contributed by atoms with E-state index in [4.69, 9.17) is 4.74 Å². The molecular formula is C11H13NO2. The molecule has 1 N–H and O–H groups in total. The SMILES string of the molecule is CC1(OC=O)NCCc2ccccc21. The fourth-order valence-electron chi connectivity index (χ4n) is 1.94. The van der Waals surface area contributed by atoms with Crippen molar-refractivity contribution in [2.24, 2.45) is 0 Å². The maximum absolute atomic E-state index is 10.4. The number of carbonyl (C=O) groups is 1. The lowest BCUT2D eigenvalue weighted by Gasteiger charge is -2.35. The Hall–Kier alpha value is -1.35. The van der Waals surface area contributed by atoms with Crippen LogP contribution in [0.2, 0.25) is 0 Å². The highest BCUT2D eigenvalue weighted by Crippen LogP contribution is 2.28. The van der Waals surface area contributed by atoms with E-state index in [2.05, 4.69) is 11.4 Å². The number of hydrogen-bond donors (Lipinski definition) is 1. The lowest BCUT2D eigenvalue weighted by molar-refractivity contribution is -0.147. The molecule has 0 radical (unpaired) electrons. The second kappa shape index (κ2) is 3.42. The Morgan fingerprint density at radius 3 is 3.07 bits per heavy atom. The van der Waals surface area contributed by atoms with E-state index in [9.17, 15) is 4.79 Å². The summed E-state index contributed by atoms with van der Waals surface area (Å²) >= 11 is 0. The van der Waals surface area contributed by atoms with E-state index < -0.39 is 5.72 Å². The smallest absolute Gasteiger partial charge is 0.295 e. The van der Waals surface area contributed by atoms with Gasteiger partial charge in [-0.3, -0.25) is 10.1 Å². The predicted molar refractivity (Wildman–Crippen MR) is 52.6 cm³/mol. The molecule has 0 amide bonds. The summed E-state index contributed by atoms with van der Waals surface area (Å²) in [5, 5.41) is 3.20. The normalized spacial score (nSPS) is 25.2. The molecule has 74 valence electrons. The minimum Gasteiger partial charge on any atom is -0.442 e. The zero-order valence-corrected chi connectivity index (χ0v) is 8.12. The number of ether oxygens (including phenoxy) is 1. The van der Waals surface area contributed by atoms with E-state index in [1.165, 1.54) is 5.56 Å². The van der Waals surface area contributed by atoms with Crippen molar-refractivity contribution in [1.82, 2.24) is 5.32 Å². The van der Waals surface area contributed by atoms with Gasteiger partial charge in [-0.1, -0.05) is 24.3 Å². The monoisotopic (exact) mass is 191 g/mol. The first-order chi connectivity index (χ1) is 6.76. The Labute approximate surface area is 83.1 Å². The Bertz CT molecular complexity index is 351. The van der Waals surface area contributed by atoms with E-state index in [0.717, 1.165) is 18.5 Å². The topological polar surface area (TPSA) is 38.3 Å². The van der Waals surface area contributed by atoms with E-state index in [1.54, 1.807) is 0 Å². The zero-order chi connectivity index (χ0) is 10.0. The number of benzene rings is 1. The number of hydrogen-bond acceptors (Lipinski definition) is 3. The Morgan fingerprint density at radius 1 is 1.50 bits per heavy atom. The summed E-state index contributed by atoms with van der Waals surface area (Å²) in [5.74, 6) is 0. The first kappa shape index (κ1) is 9.21. The van der Waals surface area contributed by atoms with Crippen LogP contribution < -0.4 is 5.32 Å². The molecule has 1 atom stereocenters. The molecule has 1 aromatic carbocycles. The van der Waals surface area contributed by atoms with Crippen molar-refractivity contribution in [2.75, 3.05) is 6.54 Å². The average molecular weight is 191 g/mol. The third kappa shape index (κ3) is 1.40. The number of carbonyl (C=O) groups excluding carboxylic acids is 1. The van der Waals surface area contributed by atoms with Crippen molar-refractivity contribution in [3.63, 3.8) is 0 Å². The lowest BCUT2D eigenvalue weighted by atomic mass is 9.92. The molecule has 0 bridgehead atoms. The summed E-state index contributed by atoms with van der Waals surface area (Å²) in [6, 6.07) is 8.03. The van der Waals surface area contributed by atoms with Crippen molar-refractivity contribution in [1.29, 1.82) is 0 Å². The van der Waals surface area contributed by atoms with Crippen LogP contribution in [-0.4, -0.2) is 13.0 Å². The standard InChI is InChI=1S/C11H13NO2/c1-11(14-8-13)10-5-3-2-4-9(10)6-7-12-11/h2-5,8,12H,6-7H2,1H3. The molecular weight excluding hydrogens is 178 g/mol. The van der Waals surface area contributed by atoms with Crippen molar-refractivity contribution in [3.05, 3.63) is 35.4 Å². The van der Waals surface area contributed by atoms with Crippen molar-refractivity contribution in [2.45, 2.75) is 19.1 Å². The molecule has 1 heterocycles. The number of fused-ring (bicyclic) bond motifs is 1. The highest BCUT2D eigenvalue weighted by atomic mass is 16.6. The van der Waals surface area contributed by atoms with Crippen LogP contribution in [0.1, 0.15) is 18.1 Å². The summed E-state index contributed by atoms with van der Waals surface area (Å²) in [6.07, 6.45) is 0.980. The Balaban J connectivity index is 2.44. The molecule has 3 nitrogen and oxygen atoms in total. The highest BCUT2D eigenvalue weighted by Gasteiger charge is 2.32. The minimum atomic E-state index is -0.656. The van der Waals surface area contributed by atoms with Gasteiger partial charge in [0.1, 0.15) is 0 Å². The van der Waals surface area contributed by atoms with Crippen LogP contribution in [0.25, 0.3) is 0 Å². The molecule has 2 rings (SSSR count). The van der Waals surface area contributed by atoms with Gasteiger partial charge in [-0.25, -0.2) is 0 Å². The van der Waals surface area contributed by atoms with E-state index in [0.29, 0.717) is 6.47 Å². The van der Waals surface area contributed by atoms with Crippen molar-refractivity contribution in [3.8, 4) is 0 Å². The maximum atomic E-state index is 10.4. The summed E-state index contributed by atoms with van der Waals surface area (Å²) in [6.45, 7) is 3.20. The third-order valence-corrected chi connectivity index (χ3v) is 2.67. The summed E-state index contributed by atoms with van der Waals surface area (Å²) < 4.78 is 5.11. The summed E-state index contributed by atoms with van der Waals surface area (Å²) in [5.41, 5.74) is 1.64. The molecule has 0 fully saturated rings. The molecule has 1 aromatic rings. The van der Waals surface area contributed by atoms with Gasteiger partial charge in [0.2, 0.25) is 0 Å². The largest absolute Gasteiger partial charge is 0.442 e. The van der Waals surface area contributed by atoms with Crippen LogP contribution >= 0.6 is 0 Å². The molecule has 0 saturated carbocycles. The molecule has 1 aliphatic rings. The summed E-state index contributed by atoms with van der Waals surface area (Å²) in [4.78, 5) is 10.4. The van der Waals surface area contributed by atoms with Gasteiger partial charge >= 0.3 is 0 Å². The van der Waals surface area contributed by atoms with Crippen LogP contribution in [0.15, 0.2) is 24.3 Å². The summed E-state index contributed by atoms with van der Waals surface area (Å²) in [7, 11) is 0. The fourth-order valence-corrected chi connectivity index (χ4v) is 1.94. The van der Waals surface area contributed by atoms with E-state index >= 15 is 0 Å². The molecule has 3 heteroatoms. The Kier molecular flexibility index (Phi) is 2.25. The van der Waals surface area contributed by atoms with Gasteiger partial charge in [0.25, 0.3) is 6.47 Å². The molecule has 14 heavy (non-hydrogen) atoms. The molecule has 1 unspecified atom stereocenters. The average Bonchev–Trinajstić information content (AvgIpc) is 2.19. The van der Waals surface area contributed by atoms with Crippen LogP contribution in [0.5, 0.6) is 0 Å².